The van der Waals surface area contributed by atoms with Crippen LogP contribution >= 0.6 is 0 Å². The van der Waals surface area contributed by atoms with Crippen LogP contribution in [0.1, 0.15) is 43.1 Å². The molecule has 0 fully saturated rings. The zero-order valence-corrected chi connectivity index (χ0v) is 14.4. The largest absolute Gasteiger partial charge is 0.452 e. The third-order valence-electron chi connectivity index (χ3n) is 3.42. The molecule has 0 atom stereocenters. The average molecular weight is 361 g/mol. The van der Waals surface area contributed by atoms with Crippen LogP contribution in [0.2, 0.25) is 0 Å². The topological polar surface area (TPSA) is 64.6 Å². The summed E-state index contributed by atoms with van der Waals surface area (Å²) < 4.78 is 45.4. The smallest absolute Gasteiger partial charge is 0.411 e. The van der Waals surface area contributed by atoms with E-state index >= 15 is 0 Å². The van der Waals surface area contributed by atoms with Gasteiger partial charge < -0.3 is 14.8 Å². The molecule has 1 aromatic rings. The number of rotatable bonds is 8. The van der Waals surface area contributed by atoms with E-state index in [0.29, 0.717) is 5.56 Å². The molecule has 0 aliphatic rings. The summed E-state index contributed by atoms with van der Waals surface area (Å²) in [5.74, 6) is -1.09. The van der Waals surface area contributed by atoms with Crippen LogP contribution in [0.25, 0.3) is 0 Å². The zero-order valence-electron chi connectivity index (χ0n) is 14.4. The fraction of sp³-hybridized carbons (Fsp3) is 0.529. The summed E-state index contributed by atoms with van der Waals surface area (Å²) in [6.45, 7) is 3.67. The van der Waals surface area contributed by atoms with Gasteiger partial charge in [0.1, 0.15) is 6.61 Å². The summed E-state index contributed by atoms with van der Waals surface area (Å²) in [6, 6.07) is 5.74. The first kappa shape index (κ1) is 21.0. The number of hydrogen-bond acceptors (Lipinski definition) is 4. The van der Waals surface area contributed by atoms with E-state index in [1.807, 2.05) is 20.8 Å². The second-order valence-electron chi connectivity index (χ2n) is 6.17. The van der Waals surface area contributed by atoms with Gasteiger partial charge in [0.15, 0.2) is 6.61 Å². The van der Waals surface area contributed by atoms with Gasteiger partial charge in [0.25, 0.3) is 5.91 Å². The van der Waals surface area contributed by atoms with Crippen LogP contribution in [0.4, 0.5) is 13.2 Å². The first-order chi connectivity index (χ1) is 11.5. The van der Waals surface area contributed by atoms with E-state index in [1.54, 1.807) is 0 Å². The highest BCUT2D eigenvalue weighted by Gasteiger charge is 2.27. The maximum atomic E-state index is 12.0. The number of nitrogens with one attached hydrogen (secondary N) is 1. The van der Waals surface area contributed by atoms with Gasteiger partial charge >= 0.3 is 12.1 Å². The van der Waals surface area contributed by atoms with Crippen molar-refractivity contribution in [2.45, 2.75) is 45.5 Å². The number of amides is 1. The Kier molecular flexibility index (Phi) is 7.41. The lowest BCUT2D eigenvalue weighted by molar-refractivity contribution is -0.176. The molecular formula is C17H22F3NO4. The molecule has 1 amide bonds. The van der Waals surface area contributed by atoms with Crippen molar-refractivity contribution in [1.82, 2.24) is 5.32 Å². The highest BCUT2D eigenvalue weighted by Crippen LogP contribution is 2.16. The second-order valence-corrected chi connectivity index (χ2v) is 6.17. The summed E-state index contributed by atoms with van der Waals surface area (Å²) in [4.78, 5) is 23.6. The molecule has 1 aromatic carbocycles. The lowest BCUT2D eigenvalue weighted by atomic mass is 10.0. The predicted octanol–water partition coefficient (Wildman–Crippen LogP) is 3.23. The minimum absolute atomic E-state index is 0.196. The third kappa shape index (κ3) is 8.53. The van der Waals surface area contributed by atoms with Gasteiger partial charge in [0.05, 0.1) is 12.2 Å². The van der Waals surface area contributed by atoms with Gasteiger partial charge in [-0.15, -0.1) is 0 Å². The highest BCUT2D eigenvalue weighted by molar-refractivity contribution is 5.91. The van der Waals surface area contributed by atoms with Crippen LogP contribution in [0.5, 0.6) is 0 Å². The molecule has 0 bridgehead atoms. The van der Waals surface area contributed by atoms with Crippen molar-refractivity contribution in [2.75, 3.05) is 13.2 Å². The number of carbonyl (C=O) groups excluding carboxylic acids is 2. The Labute approximate surface area is 144 Å². The Balaban J connectivity index is 2.45. The monoisotopic (exact) mass is 361 g/mol. The Morgan fingerprint density at radius 3 is 2.24 bits per heavy atom. The molecule has 1 N–H and O–H groups in total. The van der Waals surface area contributed by atoms with Crippen molar-refractivity contribution < 1.29 is 32.2 Å². The molecule has 140 valence electrons. The minimum atomic E-state index is -4.38. The number of carbonyl (C=O) groups is 2. The third-order valence-corrected chi connectivity index (χ3v) is 3.42. The molecule has 8 heteroatoms. The Morgan fingerprint density at radius 2 is 1.72 bits per heavy atom. The Hall–Kier alpha value is -2.09. The predicted molar refractivity (Wildman–Crippen MR) is 84.9 cm³/mol. The van der Waals surface area contributed by atoms with Gasteiger partial charge in [-0.1, -0.05) is 19.1 Å². The van der Waals surface area contributed by atoms with Gasteiger partial charge in [-0.05, 0) is 38.0 Å². The van der Waals surface area contributed by atoms with Crippen molar-refractivity contribution in [3.63, 3.8) is 0 Å². The van der Waals surface area contributed by atoms with Gasteiger partial charge in [0.2, 0.25) is 0 Å². The summed E-state index contributed by atoms with van der Waals surface area (Å²) >= 11 is 0. The number of ether oxygens (including phenoxy) is 2. The molecule has 0 aromatic heterocycles. The molecule has 5 nitrogen and oxygen atoms in total. The molecule has 0 spiro atoms. The lowest BCUT2D eigenvalue weighted by Crippen LogP contribution is -2.44. The summed E-state index contributed by atoms with van der Waals surface area (Å²) in [5.41, 5.74) is 0.298. The first-order valence-electron chi connectivity index (χ1n) is 7.74. The van der Waals surface area contributed by atoms with Gasteiger partial charge in [-0.3, -0.25) is 4.79 Å². The van der Waals surface area contributed by atoms with E-state index in [4.69, 9.17) is 4.74 Å². The normalized spacial score (nSPS) is 11.9. The molecular weight excluding hydrogens is 339 g/mol. The molecule has 0 heterocycles. The second kappa shape index (κ2) is 8.84. The molecule has 0 aliphatic carbocycles. The number of halogens is 3. The summed E-state index contributed by atoms with van der Waals surface area (Å²) in [6.07, 6.45) is -3.65. The quantitative estimate of drug-likeness (QED) is 0.722. The molecule has 0 saturated heterocycles. The number of benzene rings is 1. The maximum absolute atomic E-state index is 12.0. The van der Waals surface area contributed by atoms with Crippen molar-refractivity contribution in [1.29, 1.82) is 0 Å². The maximum Gasteiger partial charge on any atom is 0.411 e. The van der Waals surface area contributed by atoms with Gasteiger partial charge in [-0.25, -0.2) is 4.79 Å². The zero-order chi connectivity index (χ0) is 19.1. The molecule has 1 rings (SSSR count). The number of alkyl halides is 3. The van der Waals surface area contributed by atoms with E-state index in [0.717, 1.165) is 6.42 Å². The molecule has 0 aliphatic heterocycles. The molecule has 0 unspecified atom stereocenters. The number of hydrogen-bond donors (Lipinski definition) is 1. The van der Waals surface area contributed by atoms with Crippen LogP contribution < -0.4 is 5.32 Å². The summed E-state index contributed by atoms with van der Waals surface area (Å²) in [7, 11) is 0. The Morgan fingerprint density at radius 1 is 1.12 bits per heavy atom. The number of esters is 1. The fourth-order valence-electron chi connectivity index (χ4n) is 1.74. The SMILES string of the molecule is CCC(C)(C)NC(=O)COC(=O)c1ccc(COCC(F)(F)F)cc1. The van der Waals surface area contributed by atoms with E-state index in [1.165, 1.54) is 24.3 Å². The average Bonchev–Trinajstić information content (AvgIpc) is 2.51. The standard InChI is InChI=1S/C17H22F3NO4/c1-4-16(2,3)21-14(22)10-25-15(23)13-7-5-12(6-8-13)9-24-11-17(18,19)20/h5-8H,4,9-11H2,1-3H3,(H,21,22). The van der Waals surface area contributed by atoms with Crippen LogP contribution in [0, 0.1) is 0 Å². The van der Waals surface area contributed by atoms with Gasteiger partial charge in [0, 0.05) is 5.54 Å². The van der Waals surface area contributed by atoms with E-state index < -0.39 is 31.3 Å². The van der Waals surface area contributed by atoms with E-state index in [9.17, 15) is 22.8 Å². The highest BCUT2D eigenvalue weighted by atomic mass is 19.4. The van der Waals surface area contributed by atoms with Crippen LogP contribution in [0.15, 0.2) is 24.3 Å². The van der Waals surface area contributed by atoms with Crippen LogP contribution in [-0.2, 0) is 20.9 Å². The lowest BCUT2D eigenvalue weighted by Gasteiger charge is -2.24. The summed E-state index contributed by atoms with van der Waals surface area (Å²) in [5, 5.41) is 2.73. The van der Waals surface area contributed by atoms with E-state index in [2.05, 4.69) is 10.1 Å². The molecule has 0 saturated carbocycles. The minimum Gasteiger partial charge on any atom is -0.452 e. The Bertz CT molecular complexity index is 583. The van der Waals surface area contributed by atoms with Crippen LogP contribution in [-0.4, -0.2) is 36.8 Å². The van der Waals surface area contributed by atoms with Gasteiger partial charge in [-0.2, -0.15) is 13.2 Å². The van der Waals surface area contributed by atoms with Crippen molar-refractivity contribution in [3.8, 4) is 0 Å². The molecule has 25 heavy (non-hydrogen) atoms. The van der Waals surface area contributed by atoms with Crippen LogP contribution in [0.3, 0.4) is 0 Å². The van der Waals surface area contributed by atoms with E-state index in [-0.39, 0.29) is 17.7 Å². The molecule has 0 radical (unpaired) electrons. The van der Waals surface area contributed by atoms with Crippen molar-refractivity contribution in [2.24, 2.45) is 0 Å². The fourth-order valence-corrected chi connectivity index (χ4v) is 1.74. The first-order valence-corrected chi connectivity index (χ1v) is 7.74. The van der Waals surface area contributed by atoms with Crippen molar-refractivity contribution >= 4 is 11.9 Å². The van der Waals surface area contributed by atoms with Crippen molar-refractivity contribution in [3.05, 3.63) is 35.4 Å².